The molecule has 172 valence electrons. The molecule has 1 atom stereocenters. The molecule has 1 aromatic carbocycles. The molecule has 7 nitrogen and oxygen atoms in total. The van der Waals surface area contributed by atoms with E-state index in [4.69, 9.17) is 4.74 Å². The standard InChI is InChI=1S/C26H29N3O4/c1-14-8-9-27-21(10-14)29-25(32)22-15(2)28-17-12-26(3,4)13-19(31)24(17)23(22)16-6-7-18(30)20(11-16)33-5/h6-11,23,28,30H,12-13H2,1-5H3,(H,27,29,32)/t23-/m0/s1. The monoisotopic (exact) mass is 447 g/mol. The number of dihydropyridines is 1. The van der Waals surface area contributed by atoms with Gasteiger partial charge in [0.05, 0.1) is 7.11 Å². The molecule has 0 unspecified atom stereocenters. The van der Waals surface area contributed by atoms with E-state index in [0.717, 1.165) is 11.3 Å². The Labute approximate surface area is 193 Å². The van der Waals surface area contributed by atoms with Gasteiger partial charge in [0, 0.05) is 41.1 Å². The fraction of sp³-hybridized carbons (Fsp3) is 0.346. The number of carbonyl (C=O) groups excluding carboxylic acids is 2. The van der Waals surface area contributed by atoms with Crippen LogP contribution < -0.4 is 15.4 Å². The number of carbonyl (C=O) groups is 2. The zero-order chi connectivity index (χ0) is 23.9. The number of nitrogens with one attached hydrogen (secondary N) is 2. The minimum atomic E-state index is -0.593. The lowest BCUT2D eigenvalue weighted by Gasteiger charge is -2.39. The van der Waals surface area contributed by atoms with Crippen molar-refractivity contribution in [1.29, 1.82) is 0 Å². The first-order chi connectivity index (χ1) is 15.6. The number of benzene rings is 1. The molecule has 0 radical (unpaired) electrons. The Morgan fingerprint density at radius 1 is 1.21 bits per heavy atom. The predicted molar refractivity (Wildman–Crippen MR) is 126 cm³/mol. The first kappa shape index (κ1) is 22.6. The largest absolute Gasteiger partial charge is 0.504 e. The van der Waals surface area contributed by atoms with Crippen molar-refractivity contribution < 1.29 is 19.4 Å². The molecule has 0 saturated heterocycles. The Morgan fingerprint density at radius 3 is 2.67 bits per heavy atom. The van der Waals surface area contributed by atoms with Gasteiger partial charge in [0.25, 0.3) is 5.91 Å². The van der Waals surface area contributed by atoms with Gasteiger partial charge in [-0.3, -0.25) is 9.59 Å². The highest BCUT2D eigenvalue weighted by atomic mass is 16.5. The van der Waals surface area contributed by atoms with E-state index in [1.807, 2.05) is 19.9 Å². The lowest BCUT2D eigenvalue weighted by molar-refractivity contribution is -0.118. The normalized spacial score (nSPS) is 19.7. The molecular weight excluding hydrogens is 418 g/mol. The van der Waals surface area contributed by atoms with Crippen molar-refractivity contribution in [3.05, 3.63) is 70.2 Å². The van der Waals surface area contributed by atoms with Gasteiger partial charge in [-0.05, 0) is 61.1 Å². The second-order valence-electron chi connectivity index (χ2n) is 9.53. The number of allylic oxidation sites excluding steroid dienone is 3. The maximum atomic E-state index is 13.5. The fourth-order valence-corrected chi connectivity index (χ4v) is 4.73. The van der Waals surface area contributed by atoms with Gasteiger partial charge in [0.15, 0.2) is 17.3 Å². The average molecular weight is 448 g/mol. The summed E-state index contributed by atoms with van der Waals surface area (Å²) in [6.45, 7) is 7.91. The predicted octanol–water partition coefficient (Wildman–Crippen LogP) is 4.35. The zero-order valence-electron chi connectivity index (χ0n) is 19.6. The minimum Gasteiger partial charge on any atom is -0.504 e. The number of hydrogen-bond acceptors (Lipinski definition) is 6. The van der Waals surface area contributed by atoms with Crippen molar-refractivity contribution in [2.24, 2.45) is 5.41 Å². The lowest BCUT2D eigenvalue weighted by atomic mass is 9.68. The summed E-state index contributed by atoms with van der Waals surface area (Å²) >= 11 is 0. The van der Waals surface area contributed by atoms with Crippen LogP contribution in [0.3, 0.4) is 0 Å². The summed E-state index contributed by atoms with van der Waals surface area (Å²) in [6, 6.07) is 8.60. The number of ketones is 1. The zero-order valence-corrected chi connectivity index (χ0v) is 19.6. The molecule has 0 fully saturated rings. The summed E-state index contributed by atoms with van der Waals surface area (Å²) < 4.78 is 5.31. The van der Waals surface area contributed by atoms with Gasteiger partial charge in [0.1, 0.15) is 5.82 Å². The Kier molecular flexibility index (Phi) is 5.74. The Bertz CT molecular complexity index is 1210. The number of anilines is 1. The third kappa shape index (κ3) is 4.35. The molecule has 1 amide bonds. The number of methoxy groups -OCH3 is 1. The summed E-state index contributed by atoms with van der Waals surface area (Å²) in [4.78, 5) is 31.2. The van der Waals surface area contributed by atoms with Gasteiger partial charge in [0.2, 0.25) is 0 Å². The molecule has 2 aromatic rings. The molecule has 3 N–H and O–H groups in total. The second-order valence-corrected chi connectivity index (χ2v) is 9.53. The topological polar surface area (TPSA) is 101 Å². The number of Topliss-reactive ketones (excluding diaryl/α,β-unsaturated/α-hetero) is 1. The molecule has 1 aromatic heterocycles. The van der Waals surface area contributed by atoms with Crippen LogP contribution in [-0.2, 0) is 9.59 Å². The highest BCUT2D eigenvalue weighted by molar-refractivity contribution is 6.09. The molecule has 33 heavy (non-hydrogen) atoms. The van der Waals surface area contributed by atoms with E-state index in [-0.39, 0.29) is 28.6 Å². The van der Waals surface area contributed by atoms with Crippen molar-refractivity contribution in [1.82, 2.24) is 10.3 Å². The number of pyridine rings is 1. The Balaban J connectivity index is 1.84. The highest BCUT2D eigenvalue weighted by Crippen LogP contribution is 2.47. The molecule has 0 spiro atoms. The van der Waals surface area contributed by atoms with Gasteiger partial charge in [-0.15, -0.1) is 0 Å². The lowest BCUT2D eigenvalue weighted by Crippen LogP contribution is -2.39. The van der Waals surface area contributed by atoms with Crippen LogP contribution in [0.15, 0.2) is 59.1 Å². The van der Waals surface area contributed by atoms with Gasteiger partial charge >= 0.3 is 0 Å². The molecule has 2 aliphatic rings. The molecule has 1 aliphatic carbocycles. The summed E-state index contributed by atoms with van der Waals surface area (Å²) in [5, 5.41) is 16.4. The molecular formula is C26H29N3O4. The quantitative estimate of drug-likeness (QED) is 0.644. The smallest absolute Gasteiger partial charge is 0.255 e. The van der Waals surface area contributed by atoms with Crippen molar-refractivity contribution in [2.45, 2.75) is 46.5 Å². The van der Waals surface area contributed by atoms with Gasteiger partial charge in [-0.2, -0.15) is 0 Å². The van der Waals surface area contributed by atoms with Crippen LogP contribution in [0.4, 0.5) is 5.82 Å². The van der Waals surface area contributed by atoms with E-state index in [9.17, 15) is 14.7 Å². The van der Waals surface area contributed by atoms with E-state index < -0.39 is 5.92 Å². The number of ether oxygens (including phenoxy) is 1. The molecule has 0 bridgehead atoms. The maximum Gasteiger partial charge on any atom is 0.255 e. The molecule has 4 rings (SSSR count). The van der Waals surface area contributed by atoms with E-state index in [0.29, 0.717) is 41.1 Å². The molecule has 7 heteroatoms. The highest BCUT2D eigenvalue weighted by Gasteiger charge is 2.42. The number of hydrogen-bond donors (Lipinski definition) is 3. The fourth-order valence-electron chi connectivity index (χ4n) is 4.73. The van der Waals surface area contributed by atoms with Crippen molar-refractivity contribution >= 4 is 17.5 Å². The number of phenolic OH excluding ortho intramolecular Hbond substituents is 1. The first-order valence-electron chi connectivity index (χ1n) is 10.9. The second kappa shape index (κ2) is 8.39. The van der Waals surface area contributed by atoms with E-state index in [1.54, 1.807) is 24.4 Å². The van der Waals surface area contributed by atoms with Crippen LogP contribution in [-0.4, -0.2) is 28.9 Å². The third-order valence-electron chi connectivity index (χ3n) is 6.18. The van der Waals surface area contributed by atoms with Gasteiger partial charge < -0.3 is 20.5 Å². The first-order valence-corrected chi connectivity index (χ1v) is 10.9. The van der Waals surface area contributed by atoms with E-state index >= 15 is 0 Å². The number of amides is 1. The number of phenols is 1. The Morgan fingerprint density at radius 2 is 1.97 bits per heavy atom. The van der Waals surface area contributed by atoms with Crippen molar-refractivity contribution in [3.63, 3.8) is 0 Å². The van der Waals surface area contributed by atoms with Crippen LogP contribution in [0.5, 0.6) is 11.5 Å². The number of rotatable bonds is 4. The maximum absolute atomic E-state index is 13.5. The van der Waals surface area contributed by atoms with Gasteiger partial charge in [-0.1, -0.05) is 19.9 Å². The van der Waals surface area contributed by atoms with Crippen LogP contribution in [0.2, 0.25) is 0 Å². The van der Waals surface area contributed by atoms with Crippen LogP contribution in [0, 0.1) is 12.3 Å². The minimum absolute atomic E-state index is 0.00356. The number of aryl methyl sites for hydroxylation is 1. The van der Waals surface area contributed by atoms with Crippen molar-refractivity contribution in [3.8, 4) is 11.5 Å². The van der Waals surface area contributed by atoms with E-state index in [1.165, 1.54) is 13.2 Å². The summed E-state index contributed by atoms with van der Waals surface area (Å²) in [6.07, 6.45) is 2.74. The third-order valence-corrected chi connectivity index (χ3v) is 6.18. The summed E-state index contributed by atoms with van der Waals surface area (Å²) in [5.74, 6) is -0.190. The van der Waals surface area contributed by atoms with Crippen LogP contribution in [0.25, 0.3) is 0 Å². The molecule has 2 heterocycles. The number of aromatic nitrogens is 1. The molecule has 0 saturated carbocycles. The van der Waals surface area contributed by atoms with Crippen molar-refractivity contribution in [2.75, 3.05) is 12.4 Å². The number of nitrogens with zero attached hydrogens (tertiary/aromatic N) is 1. The van der Waals surface area contributed by atoms with Crippen LogP contribution in [0.1, 0.15) is 50.7 Å². The van der Waals surface area contributed by atoms with Gasteiger partial charge in [-0.25, -0.2) is 4.98 Å². The van der Waals surface area contributed by atoms with Crippen LogP contribution >= 0.6 is 0 Å². The number of aromatic hydroxyl groups is 1. The molecule has 1 aliphatic heterocycles. The van der Waals surface area contributed by atoms with E-state index in [2.05, 4.69) is 29.5 Å². The summed E-state index contributed by atoms with van der Waals surface area (Å²) in [7, 11) is 1.47. The average Bonchev–Trinajstić information content (AvgIpc) is 2.72. The summed E-state index contributed by atoms with van der Waals surface area (Å²) in [5.41, 5.74) is 4.06. The SMILES string of the molecule is COc1cc([C@H]2C(C(=O)Nc3cc(C)ccn3)=C(C)NC3=C2C(=O)CC(C)(C)C3)ccc1O. The Hall–Kier alpha value is -3.61.